The third-order valence-electron chi connectivity index (χ3n) is 4.06. The summed E-state index contributed by atoms with van der Waals surface area (Å²) in [6.45, 7) is 3.11. The van der Waals surface area contributed by atoms with Crippen LogP contribution < -0.4 is 5.73 Å². The number of halogens is 1. The van der Waals surface area contributed by atoms with Crippen molar-refractivity contribution in [2.24, 2.45) is 5.73 Å². The van der Waals surface area contributed by atoms with Gasteiger partial charge in [0, 0.05) is 39.8 Å². The average molecular weight is 328 g/mol. The van der Waals surface area contributed by atoms with Gasteiger partial charge in [0.15, 0.2) is 0 Å². The summed E-state index contributed by atoms with van der Waals surface area (Å²) in [6.07, 6.45) is 0.995. The topological polar surface area (TPSA) is 58.8 Å². The maximum Gasteiger partial charge on any atom is 0.241 e. The van der Waals surface area contributed by atoms with E-state index in [9.17, 15) is 4.79 Å². The van der Waals surface area contributed by atoms with Gasteiger partial charge in [-0.2, -0.15) is 0 Å². The Hall–Kier alpha value is -1.14. The van der Waals surface area contributed by atoms with Crippen molar-refractivity contribution < 1.29 is 9.53 Å². The number of nitrogens with zero attached hydrogens (tertiary/aromatic N) is 2. The van der Waals surface area contributed by atoms with Crippen molar-refractivity contribution in [1.82, 2.24) is 9.80 Å². The molecule has 0 radical (unpaired) electrons. The number of hydrogen-bond donors (Lipinski definition) is 1. The smallest absolute Gasteiger partial charge is 0.241 e. The largest absolute Gasteiger partial charge is 0.383 e. The van der Waals surface area contributed by atoms with Gasteiger partial charge in [-0.05, 0) is 12.0 Å². The lowest BCUT2D eigenvalue weighted by atomic mass is 10.2. The summed E-state index contributed by atoms with van der Waals surface area (Å²) in [4.78, 5) is 16.4. The fourth-order valence-electron chi connectivity index (χ4n) is 2.81. The van der Waals surface area contributed by atoms with Crippen LogP contribution in [0.25, 0.3) is 0 Å². The molecule has 1 saturated heterocycles. The number of likely N-dealkylation sites (N-methyl/N-ethyl adjacent to an activating group) is 1. The molecular formula is C16H26ClN3O2. The van der Waals surface area contributed by atoms with Gasteiger partial charge in [-0.15, -0.1) is 12.4 Å². The van der Waals surface area contributed by atoms with Crippen molar-refractivity contribution >= 4 is 18.3 Å². The molecule has 2 N–H and O–H groups in total. The summed E-state index contributed by atoms with van der Waals surface area (Å²) in [5.74, 6) is -0.0385. The summed E-state index contributed by atoms with van der Waals surface area (Å²) in [5.41, 5.74) is 7.13. The maximum absolute atomic E-state index is 12.2. The molecule has 0 spiro atoms. The zero-order valence-corrected chi connectivity index (χ0v) is 14.1. The molecule has 1 aromatic rings. The zero-order valence-electron chi connectivity index (χ0n) is 13.3. The van der Waals surface area contributed by atoms with Crippen molar-refractivity contribution in [3.63, 3.8) is 0 Å². The number of nitrogens with two attached hydrogens (primary N) is 1. The second-order valence-corrected chi connectivity index (χ2v) is 5.67. The number of benzene rings is 1. The van der Waals surface area contributed by atoms with Crippen LogP contribution in [0.15, 0.2) is 30.3 Å². The molecule has 124 valence electrons. The molecule has 2 rings (SSSR count). The molecule has 0 aliphatic carbocycles. The monoisotopic (exact) mass is 327 g/mol. The number of ether oxygens (including phenoxy) is 1. The SMILES string of the molecule is COCC(N)C(=O)N(C)C1CCN(Cc2ccccc2)C1.Cl. The van der Waals surface area contributed by atoms with Crippen LogP contribution in [0.2, 0.25) is 0 Å². The third kappa shape index (κ3) is 4.95. The van der Waals surface area contributed by atoms with Gasteiger partial charge in [-0.25, -0.2) is 0 Å². The van der Waals surface area contributed by atoms with Crippen LogP contribution in [0.3, 0.4) is 0 Å². The minimum absolute atomic E-state index is 0. The van der Waals surface area contributed by atoms with E-state index in [4.69, 9.17) is 10.5 Å². The number of amides is 1. The molecule has 1 heterocycles. The molecule has 22 heavy (non-hydrogen) atoms. The van der Waals surface area contributed by atoms with Gasteiger partial charge in [0.1, 0.15) is 6.04 Å². The Bertz CT molecular complexity index is 458. The van der Waals surface area contributed by atoms with Crippen LogP contribution in [0.5, 0.6) is 0 Å². The molecule has 1 aromatic carbocycles. The van der Waals surface area contributed by atoms with E-state index in [1.54, 1.807) is 12.0 Å². The minimum Gasteiger partial charge on any atom is -0.383 e. The summed E-state index contributed by atoms with van der Waals surface area (Å²) in [6, 6.07) is 10.1. The van der Waals surface area contributed by atoms with Crippen LogP contribution in [0, 0.1) is 0 Å². The van der Waals surface area contributed by atoms with Crippen LogP contribution in [-0.2, 0) is 16.1 Å². The highest BCUT2D eigenvalue weighted by Gasteiger charge is 2.30. The molecule has 0 saturated carbocycles. The van der Waals surface area contributed by atoms with E-state index in [1.165, 1.54) is 5.56 Å². The number of carbonyl (C=O) groups excluding carboxylic acids is 1. The van der Waals surface area contributed by atoms with Gasteiger partial charge < -0.3 is 15.4 Å². The van der Waals surface area contributed by atoms with E-state index in [1.807, 2.05) is 13.1 Å². The van der Waals surface area contributed by atoms with E-state index in [-0.39, 0.29) is 31.0 Å². The Morgan fingerprint density at radius 3 is 2.77 bits per heavy atom. The molecule has 1 aliphatic heterocycles. The Balaban J connectivity index is 0.00000242. The molecule has 5 nitrogen and oxygen atoms in total. The standard InChI is InChI=1S/C16H25N3O2.ClH/c1-18(16(20)15(17)12-21-2)14-8-9-19(11-14)10-13-6-4-3-5-7-13;/h3-7,14-15H,8-12,17H2,1-2H3;1H. The molecule has 0 bridgehead atoms. The lowest BCUT2D eigenvalue weighted by Crippen LogP contribution is -2.49. The fraction of sp³-hybridized carbons (Fsp3) is 0.562. The first-order chi connectivity index (χ1) is 10.1. The van der Waals surface area contributed by atoms with Gasteiger partial charge in [-0.1, -0.05) is 30.3 Å². The van der Waals surface area contributed by atoms with Gasteiger partial charge in [-0.3, -0.25) is 9.69 Å². The maximum atomic E-state index is 12.2. The summed E-state index contributed by atoms with van der Waals surface area (Å²) in [5, 5.41) is 0. The zero-order chi connectivity index (χ0) is 15.2. The van der Waals surface area contributed by atoms with E-state index in [0.717, 1.165) is 26.1 Å². The Morgan fingerprint density at radius 1 is 1.45 bits per heavy atom. The number of hydrogen-bond acceptors (Lipinski definition) is 4. The molecule has 0 aromatic heterocycles. The quantitative estimate of drug-likeness (QED) is 0.850. The molecule has 2 unspecified atom stereocenters. The lowest BCUT2D eigenvalue weighted by Gasteiger charge is -2.27. The number of likely N-dealkylation sites (tertiary alicyclic amines) is 1. The van der Waals surface area contributed by atoms with Crippen LogP contribution in [-0.4, -0.2) is 61.6 Å². The lowest BCUT2D eigenvalue weighted by molar-refractivity contribution is -0.134. The normalized spacial score (nSPS) is 19.5. The number of rotatable bonds is 6. The fourth-order valence-corrected chi connectivity index (χ4v) is 2.81. The highest BCUT2D eigenvalue weighted by atomic mass is 35.5. The van der Waals surface area contributed by atoms with Gasteiger partial charge >= 0.3 is 0 Å². The van der Waals surface area contributed by atoms with Crippen molar-refractivity contribution in [1.29, 1.82) is 0 Å². The first-order valence-corrected chi connectivity index (χ1v) is 7.39. The van der Waals surface area contributed by atoms with E-state index in [0.29, 0.717) is 0 Å². The first-order valence-electron chi connectivity index (χ1n) is 7.39. The van der Waals surface area contributed by atoms with Crippen molar-refractivity contribution in [3.8, 4) is 0 Å². The second-order valence-electron chi connectivity index (χ2n) is 5.67. The van der Waals surface area contributed by atoms with Crippen LogP contribution in [0.1, 0.15) is 12.0 Å². The average Bonchev–Trinajstić information content (AvgIpc) is 2.95. The minimum atomic E-state index is -0.567. The van der Waals surface area contributed by atoms with Gasteiger partial charge in [0.2, 0.25) is 5.91 Å². The Kier molecular flexibility index (Phi) is 7.82. The third-order valence-corrected chi connectivity index (χ3v) is 4.06. The van der Waals surface area contributed by atoms with Crippen LogP contribution >= 0.6 is 12.4 Å². The van der Waals surface area contributed by atoms with Crippen molar-refractivity contribution in [3.05, 3.63) is 35.9 Å². The molecular weight excluding hydrogens is 302 g/mol. The molecule has 6 heteroatoms. The predicted octanol–water partition coefficient (Wildman–Crippen LogP) is 1.11. The highest BCUT2D eigenvalue weighted by Crippen LogP contribution is 2.17. The summed E-state index contributed by atoms with van der Waals surface area (Å²) < 4.78 is 4.95. The number of methoxy groups -OCH3 is 1. The summed E-state index contributed by atoms with van der Waals surface area (Å²) >= 11 is 0. The van der Waals surface area contributed by atoms with Gasteiger partial charge in [0.25, 0.3) is 0 Å². The molecule has 2 atom stereocenters. The molecule has 1 aliphatic rings. The van der Waals surface area contributed by atoms with Crippen molar-refractivity contribution in [2.45, 2.75) is 25.0 Å². The number of carbonyl (C=O) groups is 1. The van der Waals surface area contributed by atoms with Crippen LogP contribution in [0.4, 0.5) is 0 Å². The van der Waals surface area contributed by atoms with E-state index < -0.39 is 6.04 Å². The van der Waals surface area contributed by atoms with Gasteiger partial charge in [0.05, 0.1) is 6.61 Å². The summed E-state index contributed by atoms with van der Waals surface area (Å²) in [7, 11) is 3.40. The molecule has 1 fully saturated rings. The highest BCUT2D eigenvalue weighted by molar-refractivity contribution is 5.85. The van der Waals surface area contributed by atoms with E-state index >= 15 is 0 Å². The van der Waals surface area contributed by atoms with Crippen molar-refractivity contribution in [2.75, 3.05) is 33.9 Å². The van der Waals surface area contributed by atoms with E-state index in [2.05, 4.69) is 29.2 Å². The first kappa shape index (κ1) is 18.9. The Labute approximate surface area is 138 Å². The predicted molar refractivity (Wildman–Crippen MR) is 90.0 cm³/mol. The second kappa shape index (κ2) is 9.10. The Morgan fingerprint density at radius 2 is 2.14 bits per heavy atom. The molecule has 1 amide bonds.